The number of ether oxygens (including phenoxy) is 2. The monoisotopic (exact) mass is 423 g/mol. The van der Waals surface area contributed by atoms with Crippen LogP contribution < -0.4 is 20.1 Å². The van der Waals surface area contributed by atoms with E-state index in [1.807, 2.05) is 50.2 Å². The maximum atomic E-state index is 12.5. The number of urea groups is 1. The molecule has 0 unspecified atom stereocenters. The molecule has 0 saturated carbocycles. The van der Waals surface area contributed by atoms with Gasteiger partial charge in [0, 0.05) is 18.2 Å². The number of carbonyl (C=O) groups is 2. The Morgan fingerprint density at radius 3 is 2.61 bits per heavy atom. The van der Waals surface area contributed by atoms with Crippen LogP contribution in [-0.2, 0) is 4.79 Å². The van der Waals surface area contributed by atoms with E-state index in [1.165, 1.54) is 0 Å². The number of aryl methyl sites for hydroxylation is 2. The predicted octanol–water partition coefficient (Wildman–Crippen LogP) is 3.95. The summed E-state index contributed by atoms with van der Waals surface area (Å²) < 4.78 is 11.5. The molecule has 0 radical (unpaired) electrons. The molecule has 7 heteroatoms. The minimum atomic E-state index is -0.514. The first-order valence-corrected chi connectivity index (χ1v) is 10.8. The van der Waals surface area contributed by atoms with Gasteiger partial charge in [0.15, 0.2) is 11.5 Å². The van der Waals surface area contributed by atoms with Crippen LogP contribution >= 0.6 is 0 Å². The van der Waals surface area contributed by atoms with Gasteiger partial charge in [-0.15, -0.1) is 0 Å². The lowest BCUT2D eigenvalue weighted by molar-refractivity contribution is -0.121. The van der Waals surface area contributed by atoms with E-state index in [0.717, 1.165) is 54.0 Å². The quantitative estimate of drug-likeness (QED) is 0.778. The Labute approximate surface area is 182 Å². The lowest BCUT2D eigenvalue weighted by Gasteiger charge is -2.24. The second-order valence-electron chi connectivity index (χ2n) is 8.19. The van der Waals surface area contributed by atoms with Gasteiger partial charge in [0.05, 0.1) is 19.8 Å². The molecule has 0 aliphatic carbocycles. The zero-order chi connectivity index (χ0) is 21.8. The van der Waals surface area contributed by atoms with Crippen LogP contribution in [0, 0.1) is 13.8 Å². The first-order valence-electron chi connectivity index (χ1n) is 10.8. The maximum Gasteiger partial charge on any atom is 0.325 e. The Hall–Kier alpha value is -3.06. The fourth-order valence-electron chi connectivity index (χ4n) is 4.11. The van der Waals surface area contributed by atoms with E-state index in [-0.39, 0.29) is 18.5 Å². The fourth-order valence-corrected chi connectivity index (χ4v) is 4.11. The predicted molar refractivity (Wildman–Crippen MR) is 119 cm³/mol. The molecular weight excluding hydrogens is 394 g/mol. The van der Waals surface area contributed by atoms with Crippen LogP contribution in [0.4, 0.5) is 10.5 Å². The molecule has 3 amide bonds. The van der Waals surface area contributed by atoms with Gasteiger partial charge >= 0.3 is 6.03 Å². The second kappa shape index (κ2) is 9.39. The van der Waals surface area contributed by atoms with Crippen molar-refractivity contribution in [1.82, 2.24) is 10.2 Å². The van der Waals surface area contributed by atoms with Crippen molar-refractivity contribution in [2.75, 3.05) is 31.6 Å². The number of imide groups is 1. The Kier molecular flexibility index (Phi) is 6.42. The van der Waals surface area contributed by atoms with E-state index in [9.17, 15) is 9.59 Å². The van der Waals surface area contributed by atoms with Gasteiger partial charge in [-0.25, -0.2) is 4.79 Å². The smallest absolute Gasteiger partial charge is 0.325 e. The zero-order valence-corrected chi connectivity index (χ0v) is 18.1. The van der Waals surface area contributed by atoms with Crippen LogP contribution in [-0.4, -0.2) is 43.1 Å². The van der Waals surface area contributed by atoms with Crippen molar-refractivity contribution in [1.29, 1.82) is 0 Å². The Bertz CT molecular complexity index is 975. The standard InChI is InChI=1S/C24H29N3O4/c1-16-6-8-19(13-17(16)2)25-24(29)26-23(28)15-27-10-3-5-20(27)18-7-9-21-22(14-18)31-12-4-11-30-21/h6-9,13-14,20H,3-5,10-12,15H2,1-2H3,(H2,25,26,28,29)/t20-/m0/s1. The maximum absolute atomic E-state index is 12.5. The SMILES string of the molecule is Cc1ccc(NC(=O)NC(=O)CN2CCC[C@H]2c2ccc3c(c2)OCCCO3)cc1C. The van der Waals surface area contributed by atoms with Crippen molar-refractivity contribution in [3.05, 3.63) is 53.1 Å². The number of nitrogens with zero attached hydrogens (tertiary/aromatic N) is 1. The highest BCUT2D eigenvalue weighted by Crippen LogP contribution is 2.37. The fraction of sp³-hybridized carbons (Fsp3) is 0.417. The second-order valence-corrected chi connectivity index (χ2v) is 8.19. The van der Waals surface area contributed by atoms with E-state index in [1.54, 1.807) is 0 Å². The van der Waals surface area contributed by atoms with Gasteiger partial charge in [0.1, 0.15) is 0 Å². The third kappa shape index (κ3) is 5.17. The van der Waals surface area contributed by atoms with Gasteiger partial charge < -0.3 is 14.8 Å². The summed E-state index contributed by atoms with van der Waals surface area (Å²) in [6, 6.07) is 11.3. The number of hydrogen-bond donors (Lipinski definition) is 2. The average Bonchev–Trinajstić information content (AvgIpc) is 3.05. The molecule has 2 aromatic rings. The van der Waals surface area contributed by atoms with Gasteiger partial charge in [0.2, 0.25) is 5.91 Å². The minimum Gasteiger partial charge on any atom is -0.490 e. The highest BCUT2D eigenvalue weighted by atomic mass is 16.5. The van der Waals surface area contributed by atoms with Gasteiger partial charge in [-0.1, -0.05) is 12.1 Å². The van der Waals surface area contributed by atoms with Crippen LogP contribution in [0.2, 0.25) is 0 Å². The van der Waals surface area contributed by atoms with E-state index in [2.05, 4.69) is 15.5 Å². The molecule has 1 saturated heterocycles. The normalized spacial score (nSPS) is 18.3. The number of anilines is 1. The first kappa shape index (κ1) is 21.2. The largest absolute Gasteiger partial charge is 0.490 e. The Balaban J connectivity index is 1.36. The first-order chi connectivity index (χ1) is 15.0. The molecule has 0 bridgehead atoms. The summed E-state index contributed by atoms with van der Waals surface area (Å²) in [4.78, 5) is 26.9. The molecule has 2 heterocycles. The van der Waals surface area contributed by atoms with E-state index < -0.39 is 6.03 Å². The number of carbonyl (C=O) groups excluding carboxylic acids is 2. The van der Waals surface area contributed by atoms with Crippen molar-refractivity contribution < 1.29 is 19.1 Å². The molecular formula is C24H29N3O4. The van der Waals surface area contributed by atoms with E-state index >= 15 is 0 Å². The Morgan fingerprint density at radius 2 is 1.81 bits per heavy atom. The van der Waals surface area contributed by atoms with Gasteiger partial charge in [-0.05, 0) is 74.2 Å². The number of likely N-dealkylation sites (tertiary alicyclic amines) is 1. The minimum absolute atomic E-state index is 0.116. The van der Waals surface area contributed by atoms with Gasteiger partial charge in [0.25, 0.3) is 0 Å². The van der Waals surface area contributed by atoms with Crippen LogP contribution in [0.3, 0.4) is 0 Å². The van der Waals surface area contributed by atoms with Gasteiger partial charge in [-0.3, -0.25) is 15.0 Å². The lowest BCUT2D eigenvalue weighted by atomic mass is 10.0. The third-order valence-electron chi connectivity index (χ3n) is 5.88. The highest BCUT2D eigenvalue weighted by molar-refractivity contribution is 6.01. The zero-order valence-electron chi connectivity index (χ0n) is 18.1. The van der Waals surface area contributed by atoms with Crippen molar-refractivity contribution in [3.8, 4) is 11.5 Å². The summed E-state index contributed by atoms with van der Waals surface area (Å²) in [5.74, 6) is 1.22. The molecule has 2 aromatic carbocycles. The van der Waals surface area contributed by atoms with Crippen molar-refractivity contribution in [2.45, 2.75) is 39.2 Å². The molecule has 1 fully saturated rings. The van der Waals surface area contributed by atoms with Crippen LogP contribution in [0.5, 0.6) is 11.5 Å². The number of hydrogen-bond acceptors (Lipinski definition) is 5. The molecule has 164 valence electrons. The van der Waals surface area contributed by atoms with Crippen LogP contribution in [0.25, 0.3) is 0 Å². The van der Waals surface area contributed by atoms with Crippen molar-refractivity contribution in [2.24, 2.45) is 0 Å². The average molecular weight is 424 g/mol. The molecule has 31 heavy (non-hydrogen) atoms. The molecule has 0 aromatic heterocycles. The molecule has 2 aliphatic rings. The molecule has 2 N–H and O–H groups in total. The highest BCUT2D eigenvalue weighted by Gasteiger charge is 2.29. The molecule has 1 atom stereocenters. The summed E-state index contributed by atoms with van der Waals surface area (Å²) in [5.41, 5.74) is 4.00. The van der Waals surface area contributed by atoms with Crippen LogP contribution in [0.1, 0.15) is 42.0 Å². The Morgan fingerprint density at radius 1 is 1.00 bits per heavy atom. The molecule has 0 spiro atoms. The number of amides is 3. The molecule has 2 aliphatic heterocycles. The summed E-state index contributed by atoms with van der Waals surface area (Å²) >= 11 is 0. The summed E-state index contributed by atoms with van der Waals surface area (Å²) in [7, 11) is 0. The summed E-state index contributed by atoms with van der Waals surface area (Å²) in [6.45, 7) is 6.27. The van der Waals surface area contributed by atoms with Crippen molar-refractivity contribution >= 4 is 17.6 Å². The third-order valence-corrected chi connectivity index (χ3v) is 5.88. The van der Waals surface area contributed by atoms with Crippen molar-refractivity contribution in [3.63, 3.8) is 0 Å². The number of benzene rings is 2. The number of rotatable bonds is 4. The number of nitrogens with one attached hydrogen (secondary N) is 2. The summed E-state index contributed by atoms with van der Waals surface area (Å²) in [6.07, 6.45) is 2.83. The number of fused-ring (bicyclic) bond motifs is 1. The lowest BCUT2D eigenvalue weighted by Crippen LogP contribution is -2.41. The topological polar surface area (TPSA) is 79.9 Å². The summed E-state index contributed by atoms with van der Waals surface area (Å²) in [5, 5.41) is 5.17. The van der Waals surface area contributed by atoms with E-state index in [4.69, 9.17) is 9.47 Å². The van der Waals surface area contributed by atoms with Gasteiger partial charge in [-0.2, -0.15) is 0 Å². The molecule has 4 rings (SSSR count). The van der Waals surface area contributed by atoms with E-state index in [0.29, 0.717) is 18.9 Å². The van der Waals surface area contributed by atoms with Crippen LogP contribution in [0.15, 0.2) is 36.4 Å². The molecule has 7 nitrogen and oxygen atoms in total.